The van der Waals surface area contributed by atoms with Crippen LogP contribution in [0.15, 0.2) is 60.7 Å². The molecule has 0 bridgehead atoms. The summed E-state index contributed by atoms with van der Waals surface area (Å²) in [6, 6.07) is 12.6. The molecule has 140 valence electrons. The number of nitrogens with one attached hydrogen (secondary N) is 1. The molecular formula is C19H11F6NO. The molecule has 0 fully saturated rings. The first-order valence-electron chi connectivity index (χ1n) is 7.64. The van der Waals surface area contributed by atoms with Crippen LogP contribution in [0.5, 0.6) is 0 Å². The Morgan fingerprint density at radius 3 is 1.81 bits per heavy atom. The number of halogens is 6. The quantitative estimate of drug-likeness (QED) is 0.530. The van der Waals surface area contributed by atoms with Crippen LogP contribution >= 0.6 is 0 Å². The second-order valence-corrected chi connectivity index (χ2v) is 5.81. The monoisotopic (exact) mass is 383 g/mol. The molecule has 0 saturated carbocycles. The van der Waals surface area contributed by atoms with Crippen LogP contribution in [-0.2, 0) is 12.4 Å². The van der Waals surface area contributed by atoms with E-state index < -0.39 is 35.1 Å². The fourth-order valence-electron chi connectivity index (χ4n) is 2.56. The number of carbonyl (C=O) groups excluding carboxylic acids is 1. The fourth-order valence-corrected chi connectivity index (χ4v) is 2.56. The molecule has 0 aromatic heterocycles. The van der Waals surface area contributed by atoms with Gasteiger partial charge in [-0.15, -0.1) is 0 Å². The third-order valence-corrected chi connectivity index (χ3v) is 3.86. The van der Waals surface area contributed by atoms with Crippen molar-refractivity contribution in [2.75, 3.05) is 5.32 Å². The molecule has 0 aliphatic rings. The summed E-state index contributed by atoms with van der Waals surface area (Å²) in [4.78, 5) is 12.3. The first kappa shape index (κ1) is 18.8. The molecule has 1 amide bonds. The maximum Gasteiger partial charge on any atom is 0.416 e. The van der Waals surface area contributed by atoms with Crippen LogP contribution in [0.2, 0.25) is 0 Å². The number of amides is 1. The van der Waals surface area contributed by atoms with Crippen molar-refractivity contribution in [3.8, 4) is 0 Å². The van der Waals surface area contributed by atoms with Crippen molar-refractivity contribution in [2.45, 2.75) is 12.4 Å². The van der Waals surface area contributed by atoms with E-state index in [0.717, 1.165) is 5.39 Å². The highest BCUT2D eigenvalue weighted by Crippen LogP contribution is 2.37. The van der Waals surface area contributed by atoms with E-state index in [1.807, 2.05) is 0 Å². The summed E-state index contributed by atoms with van der Waals surface area (Å²) in [7, 11) is 0. The number of rotatable bonds is 2. The highest BCUT2D eigenvalue weighted by atomic mass is 19.4. The van der Waals surface area contributed by atoms with Gasteiger partial charge in [-0.2, -0.15) is 26.3 Å². The second-order valence-electron chi connectivity index (χ2n) is 5.81. The first-order chi connectivity index (χ1) is 12.5. The van der Waals surface area contributed by atoms with Crippen molar-refractivity contribution < 1.29 is 31.1 Å². The van der Waals surface area contributed by atoms with E-state index in [1.54, 1.807) is 30.3 Å². The Labute approximate surface area is 149 Å². The minimum Gasteiger partial charge on any atom is -0.322 e. The third kappa shape index (κ3) is 4.21. The van der Waals surface area contributed by atoms with Gasteiger partial charge in [-0.25, -0.2) is 0 Å². The Hall–Kier alpha value is -3.03. The smallest absolute Gasteiger partial charge is 0.322 e. The molecule has 0 unspecified atom stereocenters. The second kappa shape index (κ2) is 6.61. The van der Waals surface area contributed by atoms with Crippen molar-refractivity contribution in [1.29, 1.82) is 0 Å². The molecular weight excluding hydrogens is 372 g/mol. The largest absolute Gasteiger partial charge is 0.416 e. The molecule has 3 aromatic rings. The maximum absolute atomic E-state index is 12.9. The van der Waals surface area contributed by atoms with E-state index in [4.69, 9.17) is 0 Å². The van der Waals surface area contributed by atoms with Gasteiger partial charge in [-0.05, 0) is 41.1 Å². The van der Waals surface area contributed by atoms with Gasteiger partial charge in [-0.1, -0.05) is 30.3 Å². The Bertz CT molecular complexity index is 975. The standard InChI is InChI=1S/C19H11F6NO/c20-18(21,22)14-8-15(19(23,24)25)10-16(9-14)26-17(27)13-6-5-11-3-1-2-4-12(11)7-13/h1-10H,(H,26,27). The van der Waals surface area contributed by atoms with Gasteiger partial charge in [0.2, 0.25) is 0 Å². The van der Waals surface area contributed by atoms with E-state index in [2.05, 4.69) is 5.32 Å². The van der Waals surface area contributed by atoms with Gasteiger partial charge in [0.05, 0.1) is 11.1 Å². The Morgan fingerprint density at radius 2 is 1.26 bits per heavy atom. The number of hydrogen-bond acceptors (Lipinski definition) is 1. The number of hydrogen-bond donors (Lipinski definition) is 1. The fraction of sp³-hybridized carbons (Fsp3) is 0.105. The lowest BCUT2D eigenvalue weighted by molar-refractivity contribution is -0.143. The van der Waals surface area contributed by atoms with Gasteiger partial charge in [-0.3, -0.25) is 4.79 Å². The van der Waals surface area contributed by atoms with Crippen LogP contribution in [0, 0.1) is 0 Å². The van der Waals surface area contributed by atoms with Gasteiger partial charge in [0.1, 0.15) is 0 Å². The Kier molecular flexibility index (Phi) is 4.59. The molecule has 2 nitrogen and oxygen atoms in total. The first-order valence-corrected chi connectivity index (χ1v) is 7.64. The summed E-state index contributed by atoms with van der Waals surface area (Å²) >= 11 is 0. The molecule has 0 spiro atoms. The minimum absolute atomic E-state index is 0.00564. The highest BCUT2D eigenvalue weighted by molar-refractivity contribution is 6.06. The number of benzene rings is 3. The number of alkyl halides is 6. The van der Waals surface area contributed by atoms with Crippen molar-refractivity contribution in [2.24, 2.45) is 0 Å². The van der Waals surface area contributed by atoms with Crippen molar-refractivity contribution >= 4 is 22.4 Å². The zero-order valence-electron chi connectivity index (χ0n) is 13.4. The molecule has 3 rings (SSSR count). The molecule has 0 aliphatic carbocycles. The lowest BCUT2D eigenvalue weighted by Gasteiger charge is -2.15. The normalized spacial score (nSPS) is 12.2. The highest BCUT2D eigenvalue weighted by Gasteiger charge is 2.37. The van der Waals surface area contributed by atoms with Crippen LogP contribution in [0.3, 0.4) is 0 Å². The lowest BCUT2D eigenvalue weighted by atomic mass is 10.1. The summed E-state index contributed by atoms with van der Waals surface area (Å²) in [5.41, 5.74) is -3.47. The predicted molar refractivity (Wildman–Crippen MR) is 88.3 cm³/mol. The van der Waals surface area contributed by atoms with Gasteiger partial charge in [0, 0.05) is 11.3 Å². The summed E-state index contributed by atoms with van der Waals surface area (Å²) in [6.45, 7) is 0. The summed E-state index contributed by atoms with van der Waals surface area (Å²) < 4.78 is 77.3. The predicted octanol–water partition coefficient (Wildman–Crippen LogP) is 6.13. The SMILES string of the molecule is O=C(Nc1cc(C(F)(F)F)cc(C(F)(F)F)c1)c1ccc2ccccc2c1. The molecule has 0 saturated heterocycles. The third-order valence-electron chi connectivity index (χ3n) is 3.86. The van der Waals surface area contributed by atoms with Gasteiger partial charge in [0.25, 0.3) is 5.91 Å². The van der Waals surface area contributed by atoms with E-state index in [-0.39, 0.29) is 11.6 Å². The van der Waals surface area contributed by atoms with E-state index in [9.17, 15) is 31.1 Å². The van der Waals surface area contributed by atoms with E-state index in [0.29, 0.717) is 17.5 Å². The van der Waals surface area contributed by atoms with Crippen LogP contribution < -0.4 is 5.32 Å². The number of anilines is 1. The van der Waals surface area contributed by atoms with Gasteiger partial charge < -0.3 is 5.32 Å². The summed E-state index contributed by atoms with van der Waals surface area (Å²) in [6.07, 6.45) is -9.96. The molecule has 1 N–H and O–H groups in total. The van der Waals surface area contributed by atoms with Crippen LogP contribution in [0.1, 0.15) is 21.5 Å². The zero-order chi connectivity index (χ0) is 19.8. The Balaban J connectivity index is 1.96. The average Bonchev–Trinajstić information content (AvgIpc) is 2.59. The van der Waals surface area contributed by atoms with Crippen molar-refractivity contribution in [1.82, 2.24) is 0 Å². The van der Waals surface area contributed by atoms with Gasteiger partial charge in [0.15, 0.2) is 0 Å². The maximum atomic E-state index is 12.9. The average molecular weight is 383 g/mol. The molecule has 0 heterocycles. The molecule has 8 heteroatoms. The number of carbonyl (C=O) groups is 1. The zero-order valence-corrected chi connectivity index (χ0v) is 13.4. The minimum atomic E-state index is -4.98. The van der Waals surface area contributed by atoms with Crippen molar-refractivity contribution in [3.63, 3.8) is 0 Å². The Morgan fingerprint density at radius 1 is 0.704 bits per heavy atom. The molecule has 27 heavy (non-hydrogen) atoms. The lowest BCUT2D eigenvalue weighted by Crippen LogP contribution is -2.15. The van der Waals surface area contributed by atoms with E-state index >= 15 is 0 Å². The molecule has 3 aromatic carbocycles. The van der Waals surface area contributed by atoms with Crippen LogP contribution in [0.25, 0.3) is 10.8 Å². The number of fused-ring (bicyclic) bond motifs is 1. The molecule has 0 atom stereocenters. The topological polar surface area (TPSA) is 29.1 Å². The van der Waals surface area contributed by atoms with Gasteiger partial charge >= 0.3 is 12.4 Å². The van der Waals surface area contributed by atoms with Crippen LogP contribution in [0.4, 0.5) is 32.0 Å². The molecule has 0 aliphatic heterocycles. The van der Waals surface area contributed by atoms with Crippen LogP contribution in [-0.4, -0.2) is 5.91 Å². The van der Waals surface area contributed by atoms with Crippen molar-refractivity contribution in [3.05, 3.63) is 77.4 Å². The summed E-state index contributed by atoms with van der Waals surface area (Å²) in [5.74, 6) is -0.812. The molecule has 0 radical (unpaired) electrons. The summed E-state index contributed by atoms with van der Waals surface area (Å²) in [5, 5.41) is 3.66. The van der Waals surface area contributed by atoms with E-state index in [1.165, 1.54) is 12.1 Å².